The third-order valence-electron chi connectivity index (χ3n) is 4.18. The fourth-order valence-corrected chi connectivity index (χ4v) is 2.89. The summed E-state index contributed by atoms with van der Waals surface area (Å²) >= 11 is 0. The molecule has 28 heavy (non-hydrogen) atoms. The third kappa shape index (κ3) is 4.81. The quantitative estimate of drug-likeness (QED) is 0.402. The van der Waals surface area contributed by atoms with Crippen LogP contribution in [0, 0.1) is 11.8 Å². The lowest BCUT2D eigenvalue weighted by molar-refractivity contribution is 1.50. The zero-order chi connectivity index (χ0) is 19.0. The van der Waals surface area contributed by atoms with E-state index in [1.807, 2.05) is 91.0 Å². The first-order chi connectivity index (χ1) is 13.8. The normalized spacial score (nSPS) is 9.86. The number of benzene rings is 4. The highest BCUT2D eigenvalue weighted by molar-refractivity contribution is 5.71. The Hall–Kier alpha value is -3.96. The molecule has 0 saturated carbocycles. The molecule has 0 atom stereocenters. The van der Waals surface area contributed by atoms with Gasteiger partial charge in [-0.1, -0.05) is 66.4 Å². The molecular weight excluding hydrogens is 340 g/mol. The van der Waals surface area contributed by atoms with Gasteiger partial charge in [-0.05, 0) is 54.6 Å². The molecule has 4 aromatic carbocycles. The summed E-state index contributed by atoms with van der Waals surface area (Å²) in [5.74, 6) is 6.52. The highest BCUT2D eigenvalue weighted by atomic mass is 14.9. The molecule has 0 aromatic heterocycles. The standard InChI is InChI=1S/C26H20N2/c1-4-10-21(11-5-1)16-17-22-18-25(27-23-12-6-2-7-13-23)20-26(19-22)28-24-14-8-3-9-15-24/h1-15,18-20,27-28H. The summed E-state index contributed by atoms with van der Waals surface area (Å²) in [7, 11) is 0. The summed E-state index contributed by atoms with van der Waals surface area (Å²) in [6.07, 6.45) is 0. The lowest BCUT2D eigenvalue weighted by atomic mass is 10.1. The molecule has 2 nitrogen and oxygen atoms in total. The Morgan fingerprint density at radius 2 is 0.821 bits per heavy atom. The number of anilines is 4. The van der Waals surface area contributed by atoms with Crippen LogP contribution in [0.2, 0.25) is 0 Å². The number of nitrogens with one attached hydrogen (secondary N) is 2. The first-order valence-electron chi connectivity index (χ1n) is 9.21. The summed E-state index contributed by atoms with van der Waals surface area (Å²) in [5.41, 5.74) is 6.02. The Bertz CT molecular complexity index is 1030. The van der Waals surface area contributed by atoms with Gasteiger partial charge in [0.15, 0.2) is 0 Å². The minimum Gasteiger partial charge on any atom is -0.355 e. The molecule has 0 heterocycles. The fourth-order valence-electron chi connectivity index (χ4n) is 2.89. The van der Waals surface area contributed by atoms with Crippen molar-refractivity contribution < 1.29 is 0 Å². The fraction of sp³-hybridized carbons (Fsp3) is 0. The Morgan fingerprint density at radius 3 is 1.32 bits per heavy atom. The maximum Gasteiger partial charge on any atom is 0.0417 e. The molecular formula is C26H20N2. The van der Waals surface area contributed by atoms with Crippen molar-refractivity contribution in [2.24, 2.45) is 0 Å². The Morgan fingerprint density at radius 1 is 0.393 bits per heavy atom. The molecule has 0 bridgehead atoms. The monoisotopic (exact) mass is 360 g/mol. The van der Waals surface area contributed by atoms with Gasteiger partial charge in [0, 0.05) is 33.9 Å². The van der Waals surface area contributed by atoms with Gasteiger partial charge in [-0.2, -0.15) is 0 Å². The molecule has 0 unspecified atom stereocenters. The summed E-state index contributed by atoms with van der Waals surface area (Å²) in [6.45, 7) is 0. The van der Waals surface area contributed by atoms with Crippen LogP contribution in [0.15, 0.2) is 109 Å². The van der Waals surface area contributed by atoms with Crippen molar-refractivity contribution in [2.75, 3.05) is 10.6 Å². The van der Waals surface area contributed by atoms with Crippen LogP contribution in [-0.4, -0.2) is 0 Å². The van der Waals surface area contributed by atoms with Gasteiger partial charge in [-0.15, -0.1) is 0 Å². The Balaban J connectivity index is 1.67. The molecule has 0 spiro atoms. The average Bonchev–Trinajstić information content (AvgIpc) is 2.74. The molecule has 4 rings (SSSR count). The topological polar surface area (TPSA) is 24.1 Å². The third-order valence-corrected chi connectivity index (χ3v) is 4.18. The van der Waals surface area contributed by atoms with E-state index in [0.29, 0.717) is 0 Å². The van der Waals surface area contributed by atoms with Crippen LogP contribution < -0.4 is 10.6 Å². The molecule has 0 amide bonds. The highest BCUT2D eigenvalue weighted by Gasteiger charge is 2.02. The smallest absolute Gasteiger partial charge is 0.0417 e. The van der Waals surface area contributed by atoms with Crippen molar-refractivity contribution in [3.05, 3.63) is 120 Å². The van der Waals surface area contributed by atoms with E-state index in [-0.39, 0.29) is 0 Å². The van der Waals surface area contributed by atoms with E-state index >= 15 is 0 Å². The van der Waals surface area contributed by atoms with Crippen LogP contribution in [0.1, 0.15) is 11.1 Å². The Labute approximate surface area is 165 Å². The predicted molar refractivity (Wildman–Crippen MR) is 118 cm³/mol. The Kier molecular flexibility index (Phi) is 5.37. The largest absolute Gasteiger partial charge is 0.355 e. The van der Waals surface area contributed by atoms with E-state index in [1.165, 1.54) is 0 Å². The molecule has 0 aliphatic carbocycles. The zero-order valence-electron chi connectivity index (χ0n) is 15.4. The molecule has 4 aromatic rings. The van der Waals surface area contributed by atoms with E-state index in [0.717, 1.165) is 33.9 Å². The van der Waals surface area contributed by atoms with Gasteiger partial charge in [0.25, 0.3) is 0 Å². The zero-order valence-corrected chi connectivity index (χ0v) is 15.4. The summed E-state index contributed by atoms with van der Waals surface area (Å²) in [5, 5.41) is 6.92. The minimum atomic E-state index is 0.947. The molecule has 0 radical (unpaired) electrons. The van der Waals surface area contributed by atoms with E-state index in [2.05, 4.69) is 40.7 Å². The van der Waals surface area contributed by atoms with E-state index < -0.39 is 0 Å². The van der Waals surface area contributed by atoms with Crippen molar-refractivity contribution in [3.8, 4) is 11.8 Å². The number of rotatable bonds is 4. The lowest BCUT2D eigenvalue weighted by Crippen LogP contribution is -1.95. The van der Waals surface area contributed by atoms with Gasteiger partial charge < -0.3 is 10.6 Å². The minimum absolute atomic E-state index is 0.947. The molecule has 2 N–H and O–H groups in total. The highest BCUT2D eigenvalue weighted by Crippen LogP contribution is 2.25. The molecule has 0 saturated heterocycles. The van der Waals surface area contributed by atoms with Crippen molar-refractivity contribution >= 4 is 22.7 Å². The maximum atomic E-state index is 3.46. The molecule has 0 aliphatic heterocycles. The summed E-state index contributed by atoms with van der Waals surface area (Å²) in [6, 6.07) is 36.5. The number of hydrogen-bond acceptors (Lipinski definition) is 2. The van der Waals surface area contributed by atoms with Crippen LogP contribution in [0.5, 0.6) is 0 Å². The second kappa shape index (κ2) is 8.62. The van der Waals surface area contributed by atoms with Gasteiger partial charge in [0.05, 0.1) is 0 Å². The van der Waals surface area contributed by atoms with Gasteiger partial charge in [-0.25, -0.2) is 0 Å². The van der Waals surface area contributed by atoms with Crippen molar-refractivity contribution in [3.63, 3.8) is 0 Å². The van der Waals surface area contributed by atoms with Crippen LogP contribution in [0.3, 0.4) is 0 Å². The van der Waals surface area contributed by atoms with Crippen LogP contribution in [-0.2, 0) is 0 Å². The molecule has 2 heteroatoms. The molecule has 134 valence electrons. The second-order valence-corrected chi connectivity index (χ2v) is 6.40. The van der Waals surface area contributed by atoms with Crippen molar-refractivity contribution in [1.82, 2.24) is 0 Å². The lowest BCUT2D eigenvalue weighted by Gasteiger charge is -2.12. The first-order valence-corrected chi connectivity index (χ1v) is 9.21. The van der Waals surface area contributed by atoms with Gasteiger partial charge in [0.1, 0.15) is 0 Å². The van der Waals surface area contributed by atoms with E-state index in [4.69, 9.17) is 0 Å². The molecule has 0 fully saturated rings. The second-order valence-electron chi connectivity index (χ2n) is 6.40. The first kappa shape index (κ1) is 17.5. The summed E-state index contributed by atoms with van der Waals surface area (Å²) < 4.78 is 0. The summed E-state index contributed by atoms with van der Waals surface area (Å²) in [4.78, 5) is 0. The van der Waals surface area contributed by atoms with Gasteiger partial charge in [-0.3, -0.25) is 0 Å². The van der Waals surface area contributed by atoms with Crippen LogP contribution >= 0.6 is 0 Å². The maximum absolute atomic E-state index is 3.46. The van der Waals surface area contributed by atoms with Crippen LogP contribution in [0.4, 0.5) is 22.7 Å². The number of para-hydroxylation sites is 2. The SMILES string of the molecule is C(#Cc1cc(Nc2ccccc2)cc(Nc2ccccc2)c1)c1ccccc1. The van der Waals surface area contributed by atoms with E-state index in [1.54, 1.807) is 0 Å². The van der Waals surface area contributed by atoms with Crippen molar-refractivity contribution in [2.45, 2.75) is 0 Å². The van der Waals surface area contributed by atoms with Gasteiger partial charge in [0.2, 0.25) is 0 Å². The van der Waals surface area contributed by atoms with Crippen molar-refractivity contribution in [1.29, 1.82) is 0 Å². The van der Waals surface area contributed by atoms with Crippen LogP contribution in [0.25, 0.3) is 0 Å². The van der Waals surface area contributed by atoms with Gasteiger partial charge >= 0.3 is 0 Å². The van der Waals surface area contributed by atoms with E-state index in [9.17, 15) is 0 Å². The molecule has 0 aliphatic rings. The average molecular weight is 360 g/mol. The number of hydrogen-bond donors (Lipinski definition) is 2. The predicted octanol–water partition coefficient (Wildman–Crippen LogP) is 6.57.